The van der Waals surface area contributed by atoms with E-state index < -0.39 is 0 Å². The SMILES string of the molecule is COC(=O)c1ccnc2c1ccn2C(C)C. The molecule has 0 saturated carbocycles. The molecule has 0 amide bonds. The molecular weight excluding hydrogens is 204 g/mol. The molecule has 0 unspecified atom stereocenters. The van der Waals surface area contributed by atoms with E-state index in [1.165, 1.54) is 7.11 Å². The summed E-state index contributed by atoms with van der Waals surface area (Å²) in [7, 11) is 1.38. The molecule has 0 spiro atoms. The molecule has 4 nitrogen and oxygen atoms in total. The van der Waals surface area contributed by atoms with Crippen LogP contribution in [-0.4, -0.2) is 22.6 Å². The van der Waals surface area contributed by atoms with Crippen molar-refractivity contribution in [3.63, 3.8) is 0 Å². The van der Waals surface area contributed by atoms with E-state index in [1.807, 2.05) is 16.8 Å². The third-order valence-electron chi connectivity index (χ3n) is 2.58. The van der Waals surface area contributed by atoms with Crippen molar-refractivity contribution in [2.24, 2.45) is 0 Å². The van der Waals surface area contributed by atoms with Crippen molar-refractivity contribution in [2.45, 2.75) is 19.9 Å². The van der Waals surface area contributed by atoms with Crippen molar-refractivity contribution in [1.29, 1.82) is 0 Å². The number of fused-ring (bicyclic) bond motifs is 1. The molecule has 0 aromatic carbocycles. The highest BCUT2D eigenvalue weighted by Crippen LogP contribution is 2.21. The summed E-state index contributed by atoms with van der Waals surface area (Å²) < 4.78 is 6.77. The maximum Gasteiger partial charge on any atom is 0.338 e. The van der Waals surface area contributed by atoms with Gasteiger partial charge in [0.1, 0.15) is 5.65 Å². The molecule has 16 heavy (non-hydrogen) atoms. The molecule has 0 aliphatic carbocycles. The molecule has 2 rings (SSSR count). The predicted octanol–water partition coefficient (Wildman–Crippen LogP) is 2.40. The maximum atomic E-state index is 11.5. The number of methoxy groups -OCH3 is 1. The molecule has 4 heteroatoms. The van der Waals surface area contributed by atoms with Gasteiger partial charge in [-0.05, 0) is 26.0 Å². The Hall–Kier alpha value is -1.84. The fraction of sp³-hybridized carbons (Fsp3) is 0.333. The summed E-state index contributed by atoms with van der Waals surface area (Å²) in [6, 6.07) is 3.89. The van der Waals surface area contributed by atoms with Gasteiger partial charge in [-0.15, -0.1) is 0 Å². The number of carbonyl (C=O) groups is 1. The largest absolute Gasteiger partial charge is 0.465 e. The van der Waals surface area contributed by atoms with Crippen LogP contribution in [-0.2, 0) is 4.74 Å². The first kappa shape index (κ1) is 10.7. The number of esters is 1. The van der Waals surface area contributed by atoms with Crippen LogP contribution in [0.3, 0.4) is 0 Å². The Labute approximate surface area is 93.9 Å². The molecule has 0 aliphatic heterocycles. The standard InChI is InChI=1S/C12H14N2O2/c1-8(2)14-7-5-9-10(12(15)16-3)4-6-13-11(9)14/h4-8H,1-3H3. The zero-order chi connectivity index (χ0) is 11.7. The second-order valence-corrected chi connectivity index (χ2v) is 3.90. The van der Waals surface area contributed by atoms with Crippen molar-refractivity contribution >= 4 is 17.0 Å². The molecule has 2 heterocycles. The van der Waals surface area contributed by atoms with Crippen molar-refractivity contribution in [3.8, 4) is 0 Å². The van der Waals surface area contributed by atoms with Crippen LogP contribution in [0.4, 0.5) is 0 Å². The van der Waals surface area contributed by atoms with E-state index >= 15 is 0 Å². The lowest BCUT2D eigenvalue weighted by molar-refractivity contribution is 0.0603. The topological polar surface area (TPSA) is 44.1 Å². The van der Waals surface area contributed by atoms with E-state index in [4.69, 9.17) is 4.74 Å². The summed E-state index contributed by atoms with van der Waals surface area (Å²) in [5.41, 5.74) is 1.38. The van der Waals surface area contributed by atoms with Gasteiger partial charge in [0.2, 0.25) is 0 Å². The van der Waals surface area contributed by atoms with E-state index in [2.05, 4.69) is 18.8 Å². The lowest BCUT2D eigenvalue weighted by atomic mass is 10.2. The molecule has 0 aliphatic rings. The number of rotatable bonds is 2. The lowest BCUT2D eigenvalue weighted by Crippen LogP contribution is -2.04. The Morgan fingerprint density at radius 1 is 1.44 bits per heavy atom. The lowest BCUT2D eigenvalue weighted by Gasteiger charge is -2.08. The molecule has 2 aromatic rings. The number of ether oxygens (including phenoxy) is 1. The minimum absolute atomic E-state index is 0.317. The van der Waals surface area contributed by atoms with Gasteiger partial charge in [-0.25, -0.2) is 9.78 Å². The van der Waals surface area contributed by atoms with Gasteiger partial charge in [0.15, 0.2) is 0 Å². The van der Waals surface area contributed by atoms with Gasteiger partial charge >= 0.3 is 5.97 Å². The van der Waals surface area contributed by atoms with Crippen LogP contribution in [0.5, 0.6) is 0 Å². The first-order valence-corrected chi connectivity index (χ1v) is 5.19. The molecule has 0 N–H and O–H groups in total. The zero-order valence-electron chi connectivity index (χ0n) is 9.60. The van der Waals surface area contributed by atoms with Crippen LogP contribution in [0.1, 0.15) is 30.2 Å². The smallest absolute Gasteiger partial charge is 0.338 e. The Bertz CT molecular complexity index is 529. The second kappa shape index (κ2) is 3.96. The van der Waals surface area contributed by atoms with Gasteiger partial charge in [0, 0.05) is 23.8 Å². The van der Waals surface area contributed by atoms with Crippen molar-refractivity contribution in [2.75, 3.05) is 7.11 Å². The summed E-state index contributed by atoms with van der Waals surface area (Å²) in [5.74, 6) is -0.325. The summed E-state index contributed by atoms with van der Waals surface area (Å²) in [4.78, 5) is 15.8. The minimum atomic E-state index is -0.325. The first-order chi connectivity index (χ1) is 7.65. The Kier molecular flexibility index (Phi) is 2.64. The van der Waals surface area contributed by atoms with Gasteiger partial charge in [-0.2, -0.15) is 0 Å². The Morgan fingerprint density at radius 3 is 2.81 bits per heavy atom. The third-order valence-corrected chi connectivity index (χ3v) is 2.58. The summed E-state index contributed by atoms with van der Waals surface area (Å²) in [5, 5.41) is 0.836. The van der Waals surface area contributed by atoms with Gasteiger partial charge in [-0.1, -0.05) is 0 Å². The van der Waals surface area contributed by atoms with E-state index in [9.17, 15) is 4.79 Å². The quantitative estimate of drug-likeness (QED) is 0.727. The van der Waals surface area contributed by atoms with Crippen LogP contribution in [0.15, 0.2) is 24.5 Å². The zero-order valence-corrected chi connectivity index (χ0v) is 9.60. The summed E-state index contributed by atoms with van der Waals surface area (Å²) in [6.45, 7) is 4.15. The van der Waals surface area contributed by atoms with Crippen LogP contribution < -0.4 is 0 Å². The summed E-state index contributed by atoms with van der Waals surface area (Å²) in [6.07, 6.45) is 3.57. The second-order valence-electron chi connectivity index (χ2n) is 3.90. The number of carbonyl (C=O) groups excluding carboxylic acids is 1. The molecule has 0 saturated heterocycles. The van der Waals surface area contributed by atoms with Crippen LogP contribution in [0, 0.1) is 0 Å². The molecule has 0 atom stereocenters. The fourth-order valence-corrected chi connectivity index (χ4v) is 1.76. The highest BCUT2D eigenvalue weighted by Gasteiger charge is 2.14. The highest BCUT2D eigenvalue weighted by molar-refractivity contribution is 6.02. The Balaban J connectivity index is 2.66. The maximum absolute atomic E-state index is 11.5. The van der Waals surface area contributed by atoms with Crippen molar-refractivity contribution < 1.29 is 9.53 Å². The van der Waals surface area contributed by atoms with E-state index in [0.29, 0.717) is 11.6 Å². The number of hydrogen-bond donors (Lipinski definition) is 0. The average molecular weight is 218 g/mol. The van der Waals surface area contributed by atoms with Crippen LogP contribution in [0.2, 0.25) is 0 Å². The summed E-state index contributed by atoms with van der Waals surface area (Å²) >= 11 is 0. The van der Waals surface area contributed by atoms with Crippen molar-refractivity contribution in [3.05, 3.63) is 30.1 Å². The first-order valence-electron chi connectivity index (χ1n) is 5.19. The minimum Gasteiger partial charge on any atom is -0.465 e. The van der Waals surface area contributed by atoms with Gasteiger partial charge in [-0.3, -0.25) is 0 Å². The normalized spacial score (nSPS) is 11.0. The van der Waals surface area contributed by atoms with E-state index in [-0.39, 0.29) is 5.97 Å². The highest BCUT2D eigenvalue weighted by atomic mass is 16.5. The van der Waals surface area contributed by atoms with Gasteiger partial charge in [0.25, 0.3) is 0 Å². The molecular formula is C12H14N2O2. The molecule has 84 valence electrons. The average Bonchev–Trinajstić information content (AvgIpc) is 2.71. The molecule has 0 fully saturated rings. The van der Waals surface area contributed by atoms with Crippen molar-refractivity contribution in [1.82, 2.24) is 9.55 Å². The molecule has 2 aromatic heterocycles. The number of nitrogens with zero attached hydrogens (tertiary/aromatic N) is 2. The monoisotopic (exact) mass is 218 g/mol. The van der Waals surface area contributed by atoms with Gasteiger partial charge < -0.3 is 9.30 Å². The van der Waals surface area contributed by atoms with Crippen LogP contribution in [0.25, 0.3) is 11.0 Å². The number of aromatic nitrogens is 2. The predicted molar refractivity (Wildman–Crippen MR) is 61.5 cm³/mol. The third kappa shape index (κ3) is 1.56. The Morgan fingerprint density at radius 2 is 2.19 bits per heavy atom. The molecule has 0 bridgehead atoms. The molecule has 0 radical (unpaired) electrons. The van der Waals surface area contributed by atoms with E-state index in [0.717, 1.165) is 11.0 Å². The van der Waals surface area contributed by atoms with Gasteiger partial charge in [0.05, 0.1) is 12.7 Å². The number of hydrogen-bond acceptors (Lipinski definition) is 3. The fourth-order valence-electron chi connectivity index (χ4n) is 1.76. The number of pyridine rings is 1. The van der Waals surface area contributed by atoms with Crippen LogP contribution >= 0.6 is 0 Å². The van der Waals surface area contributed by atoms with E-state index in [1.54, 1.807) is 12.3 Å².